The molecule has 6 heterocycles. The molecule has 1 spiro atoms. The van der Waals surface area contributed by atoms with E-state index in [1.165, 1.54) is 18.5 Å². The minimum absolute atomic E-state index is 0.0853. The first-order valence-corrected chi connectivity index (χ1v) is 22.5. The van der Waals surface area contributed by atoms with Gasteiger partial charge in [0.25, 0.3) is 5.91 Å². The average molecular weight is 878 g/mol. The van der Waals surface area contributed by atoms with Gasteiger partial charge in [0, 0.05) is 134 Å². The number of nitrogens with one attached hydrogen (secondary N) is 1. The molecule has 0 atom stereocenters. The average Bonchev–Trinajstić information content (AvgIpc) is 3.87. The van der Waals surface area contributed by atoms with Crippen LogP contribution < -0.4 is 15.0 Å². The number of nitriles is 1. The number of ether oxygens (including phenoxy) is 1. The Balaban J connectivity index is 0.702. The summed E-state index contributed by atoms with van der Waals surface area (Å²) in [7, 11) is 1.99. The number of carbonyl (C=O) groups excluding carboxylic acids is 2. The summed E-state index contributed by atoms with van der Waals surface area (Å²) < 4.78 is 10.4. The molecule has 3 fully saturated rings. The van der Waals surface area contributed by atoms with Crippen molar-refractivity contribution in [2.24, 2.45) is 29.2 Å². The van der Waals surface area contributed by atoms with Gasteiger partial charge in [-0.2, -0.15) is 15.5 Å². The van der Waals surface area contributed by atoms with Gasteiger partial charge in [-0.3, -0.25) is 23.9 Å². The number of hydrogen-bond donors (Lipinski definition) is 1. The van der Waals surface area contributed by atoms with Crippen LogP contribution in [0.3, 0.4) is 0 Å². The van der Waals surface area contributed by atoms with Gasteiger partial charge in [-0.25, -0.2) is 9.97 Å². The lowest BCUT2D eigenvalue weighted by Gasteiger charge is -2.63. The molecule has 2 aromatic carbocycles. The Morgan fingerprint density at radius 1 is 1.00 bits per heavy atom. The minimum atomic E-state index is -0.374. The van der Waals surface area contributed by atoms with Crippen molar-refractivity contribution < 1.29 is 14.3 Å². The first kappa shape index (κ1) is 41.7. The third kappa shape index (κ3) is 7.14. The van der Waals surface area contributed by atoms with E-state index in [1.807, 2.05) is 33.7 Å². The largest absolute Gasteiger partial charge is 0.489 e. The van der Waals surface area contributed by atoms with Crippen LogP contribution in [0.1, 0.15) is 81.1 Å². The fraction of sp³-hybridized carbons (Fsp3) is 0.429. The molecule has 0 unspecified atom stereocenters. The van der Waals surface area contributed by atoms with Crippen LogP contribution in [0.5, 0.6) is 5.75 Å². The fourth-order valence-electron chi connectivity index (χ4n) is 11.5. The Hall–Kier alpha value is -6.33. The van der Waals surface area contributed by atoms with Gasteiger partial charge in [0.2, 0.25) is 11.9 Å². The van der Waals surface area contributed by atoms with Crippen molar-refractivity contribution in [3.8, 4) is 34.3 Å². The van der Waals surface area contributed by atoms with Crippen molar-refractivity contribution in [2.75, 3.05) is 24.5 Å². The molecule has 4 aromatic heterocycles. The van der Waals surface area contributed by atoms with E-state index < -0.39 is 0 Å². The highest BCUT2D eigenvalue weighted by atomic mass is 35.5. The maximum Gasteiger partial charge on any atom is 0.254 e. The van der Waals surface area contributed by atoms with Crippen molar-refractivity contribution in [1.29, 1.82) is 5.26 Å². The predicted octanol–water partition coefficient (Wildman–Crippen LogP) is 7.64. The third-order valence-corrected chi connectivity index (χ3v) is 14.8. The molecule has 2 amide bonds. The molecule has 4 aliphatic rings. The molecule has 14 nitrogen and oxygen atoms in total. The zero-order valence-electron chi connectivity index (χ0n) is 37.1. The molecular weight excluding hydrogens is 826 g/mol. The number of pyridine rings is 1. The molecule has 2 aliphatic heterocycles. The Labute approximate surface area is 377 Å². The topological polar surface area (TPSA) is 160 Å². The molecule has 2 saturated carbocycles. The number of hydrogen-bond acceptors (Lipinski definition) is 10. The van der Waals surface area contributed by atoms with Crippen molar-refractivity contribution >= 4 is 40.1 Å². The molecule has 6 aromatic rings. The van der Waals surface area contributed by atoms with E-state index in [0.717, 1.165) is 71.3 Å². The number of anilines is 1. The number of nitrogens with zero attached hydrogens (tertiary/aromatic N) is 10. The maximum atomic E-state index is 13.4. The predicted molar refractivity (Wildman–Crippen MR) is 243 cm³/mol. The molecular formula is C49H52ClN11O3. The Kier molecular flexibility index (Phi) is 10.0. The van der Waals surface area contributed by atoms with Crippen LogP contribution in [0.2, 0.25) is 5.02 Å². The van der Waals surface area contributed by atoms with Gasteiger partial charge < -0.3 is 19.9 Å². The van der Waals surface area contributed by atoms with Crippen molar-refractivity contribution in [1.82, 2.24) is 44.7 Å². The van der Waals surface area contributed by atoms with Crippen LogP contribution >= 0.6 is 11.6 Å². The van der Waals surface area contributed by atoms with E-state index in [9.17, 15) is 14.9 Å². The Morgan fingerprint density at radius 2 is 1.77 bits per heavy atom. The second-order valence-electron chi connectivity index (χ2n) is 19.7. The van der Waals surface area contributed by atoms with Crippen LogP contribution in [0.15, 0.2) is 73.4 Å². The lowest BCUT2D eigenvalue weighted by atomic mass is 9.49. The summed E-state index contributed by atoms with van der Waals surface area (Å²) >= 11 is 6.26. The monoisotopic (exact) mass is 877 g/mol. The first-order chi connectivity index (χ1) is 30.6. The van der Waals surface area contributed by atoms with Crippen LogP contribution in [0, 0.1) is 33.5 Å². The zero-order valence-corrected chi connectivity index (χ0v) is 37.9. The number of aryl methyl sites for hydroxylation is 2. The van der Waals surface area contributed by atoms with E-state index in [2.05, 4.69) is 84.4 Å². The standard InChI is InChI=1S/C49H52ClN11O3/c1-29(62)59-14-13-41-38(26-59)42(57-58(41)6)36-9-7-8-31-16-40(52-24-37(31)36)34-23-55-61(25-34)15-12-30-18-49(19-30)27-60(28-49)46-53-21-33(22-54-46)43(63)56-44-47(2,3)45(48(44,4)5)64-35-11-10-32(20-51)39(50)17-35/h7-11,16-17,21-25,30,44-45H,12-15,18-19,26-28H2,1-6H3,(H,56,63). The van der Waals surface area contributed by atoms with Crippen molar-refractivity contribution in [3.63, 3.8) is 0 Å². The number of rotatable bonds is 10. The van der Waals surface area contributed by atoms with Gasteiger partial charge >= 0.3 is 0 Å². The van der Waals surface area contributed by atoms with Crippen LogP contribution in [0.25, 0.3) is 33.3 Å². The van der Waals surface area contributed by atoms with Gasteiger partial charge in [-0.05, 0) is 48.8 Å². The highest BCUT2D eigenvalue weighted by Gasteiger charge is 2.64. The summed E-state index contributed by atoms with van der Waals surface area (Å²) in [4.78, 5) is 43.9. The summed E-state index contributed by atoms with van der Waals surface area (Å²) in [6.45, 7) is 13.9. The number of amides is 2. The zero-order chi connectivity index (χ0) is 44.7. The highest BCUT2D eigenvalue weighted by Crippen LogP contribution is 2.56. The summed E-state index contributed by atoms with van der Waals surface area (Å²) in [6, 6.07) is 15.4. The van der Waals surface area contributed by atoms with Crippen molar-refractivity contribution in [3.05, 3.63) is 101 Å². The van der Waals surface area contributed by atoms with Crippen LogP contribution in [-0.4, -0.2) is 83.0 Å². The van der Waals surface area contributed by atoms with E-state index in [4.69, 9.17) is 31.5 Å². The number of aromatic nitrogens is 7. The Bertz CT molecular complexity index is 2850. The van der Waals surface area contributed by atoms with E-state index in [0.29, 0.717) is 52.3 Å². The van der Waals surface area contributed by atoms with Crippen LogP contribution in [0.4, 0.5) is 5.95 Å². The van der Waals surface area contributed by atoms with E-state index in [1.54, 1.807) is 37.5 Å². The third-order valence-electron chi connectivity index (χ3n) is 14.5. The molecule has 1 N–H and O–H groups in total. The molecule has 1 saturated heterocycles. The molecule has 15 heteroatoms. The van der Waals surface area contributed by atoms with E-state index >= 15 is 0 Å². The number of carbonyl (C=O) groups is 2. The molecule has 328 valence electrons. The minimum Gasteiger partial charge on any atom is -0.489 e. The quantitative estimate of drug-likeness (QED) is 0.145. The number of halogens is 1. The van der Waals surface area contributed by atoms with Gasteiger partial charge in [0.15, 0.2) is 0 Å². The highest BCUT2D eigenvalue weighted by molar-refractivity contribution is 6.31. The SMILES string of the molecule is CC(=O)N1CCc2c(c(-c3cccc4cc(-c5cnn(CCC6CC7(C6)CN(c6ncc(C(=O)NC8C(C)(C)C(Oc9ccc(C#N)c(Cl)c9)C8(C)C)cn6)C7)c5)ncc34)nn2C)C1. The Morgan fingerprint density at radius 3 is 2.48 bits per heavy atom. The van der Waals surface area contributed by atoms with Gasteiger partial charge in [0.05, 0.1) is 33.7 Å². The second kappa shape index (κ2) is 15.4. The summed E-state index contributed by atoms with van der Waals surface area (Å²) in [5, 5.41) is 24.6. The molecule has 10 rings (SSSR count). The molecule has 0 radical (unpaired) electrons. The van der Waals surface area contributed by atoms with Gasteiger partial charge in [0.1, 0.15) is 17.9 Å². The van der Waals surface area contributed by atoms with Crippen molar-refractivity contribution in [2.45, 2.75) is 85.5 Å². The maximum absolute atomic E-state index is 13.4. The lowest BCUT2D eigenvalue weighted by Crippen LogP contribution is -2.74. The van der Waals surface area contributed by atoms with Gasteiger partial charge in [-0.1, -0.05) is 57.5 Å². The number of fused-ring (bicyclic) bond motifs is 2. The molecule has 64 heavy (non-hydrogen) atoms. The summed E-state index contributed by atoms with van der Waals surface area (Å²) in [5.41, 5.74) is 6.50. The fourth-order valence-corrected chi connectivity index (χ4v) is 11.7. The van der Waals surface area contributed by atoms with Gasteiger partial charge in [-0.15, -0.1) is 0 Å². The molecule has 2 aliphatic carbocycles. The first-order valence-electron chi connectivity index (χ1n) is 22.1. The summed E-state index contributed by atoms with van der Waals surface area (Å²) in [6.07, 6.45) is 13.2. The molecule has 0 bridgehead atoms. The normalized spacial score (nSPS) is 20.5. The summed E-state index contributed by atoms with van der Waals surface area (Å²) in [5.74, 6) is 1.77. The van der Waals surface area contributed by atoms with E-state index in [-0.39, 0.29) is 34.8 Å². The lowest BCUT2D eigenvalue weighted by molar-refractivity contribution is -0.164. The smallest absolute Gasteiger partial charge is 0.254 e. The second-order valence-corrected chi connectivity index (χ2v) is 20.1. The van der Waals surface area contributed by atoms with Crippen LogP contribution in [-0.2, 0) is 31.4 Å². The number of benzene rings is 2.